The molecule has 0 aliphatic heterocycles. The molecule has 74 valence electrons. The van der Waals surface area contributed by atoms with Gasteiger partial charge in [-0.25, -0.2) is 8.42 Å². The molecule has 1 atom stereocenters. The standard InChI is InChI=1S/C8H19NO2S/c1-4-6-8(9-3)7-12(10,11)5-2/h8-9H,4-7H2,1-3H3. The van der Waals surface area contributed by atoms with E-state index in [1.165, 1.54) is 0 Å². The van der Waals surface area contributed by atoms with Crippen molar-refractivity contribution in [3.8, 4) is 0 Å². The Bertz CT molecular complexity index is 199. The zero-order chi connectivity index (χ0) is 9.61. The van der Waals surface area contributed by atoms with Crippen LogP contribution in [0.4, 0.5) is 0 Å². The Hall–Kier alpha value is -0.0900. The molecular weight excluding hydrogens is 174 g/mol. The van der Waals surface area contributed by atoms with Crippen LogP contribution in [-0.4, -0.2) is 33.0 Å². The lowest BCUT2D eigenvalue weighted by atomic mass is 10.2. The zero-order valence-corrected chi connectivity index (χ0v) is 8.95. The van der Waals surface area contributed by atoms with Crippen LogP contribution in [0.25, 0.3) is 0 Å². The predicted molar refractivity (Wildman–Crippen MR) is 52.1 cm³/mol. The van der Waals surface area contributed by atoms with Crippen LogP contribution >= 0.6 is 0 Å². The second kappa shape index (κ2) is 5.54. The fraction of sp³-hybridized carbons (Fsp3) is 1.00. The normalized spacial score (nSPS) is 14.6. The van der Waals surface area contributed by atoms with Crippen molar-refractivity contribution in [3.63, 3.8) is 0 Å². The van der Waals surface area contributed by atoms with Crippen LogP contribution < -0.4 is 5.32 Å². The van der Waals surface area contributed by atoms with Crippen molar-refractivity contribution in [3.05, 3.63) is 0 Å². The molecule has 3 nitrogen and oxygen atoms in total. The molecule has 0 rings (SSSR count). The summed E-state index contributed by atoms with van der Waals surface area (Å²) in [5.41, 5.74) is 0. The first-order valence-corrected chi connectivity index (χ1v) is 6.25. The number of hydrogen-bond donors (Lipinski definition) is 1. The molecule has 1 N–H and O–H groups in total. The van der Waals surface area contributed by atoms with Crippen molar-refractivity contribution in [1.29, 1.82) is 0 Å². The van der Waals surface area contributed by atoms with Gasteiger partial charge in [-0.2, -0.15) is 0 Å². The fourth-order valence-corrected chi connectivity index (χ4v) is 2.27. The summed E-state index contributed by atoms with van der Waals surface area (Å²) in [6.07, 6.45) is 1.94. The topological polar surface area (TPSA) is 46.2 Å². The molecule has 0 saturated heterocycles. The van der Waals surface area contributed by atoms with E-state index >= 15 is 0 Å². The maximum atomic E-state index is 11.2. The SMILES string of the molecule is CCCC(CS(=O)(=O)CC)NC. The van der Waals surface area contributed by atoms with E-state index in [-0.39, 0.29) is 17.5 Å². The van der Waals surface area contributed by atoms with Gasteiger partial charge in [-0.1, -0.05) is 20.3 Å². The average molecular weight is 193 g/mol. The van der Waals surface area contributed by atoms with Gasteiger partial charge in [-0.3, -0.25) is 0 Å². The highest BCUT2D eigenvalue weighted by molar-refractivity contribution is 7.91. The third-order valence-electron chi connectivity index (χ3n) is 1.94. The fourth-order valence-electron chi connectivity index (χ4n) is 1.08. The first kappa shape index (κ1) is 11.9. The van der Waals surface area contributed by atoms with E-state index in [2.05, 4.69) is 12.2 Å². The Labute approximate surface area is 75.5 Å². The van der Waals surface area contributed by atoms with Crippen LogP contribution in [0.15, 0.2) is 0 Å². The molecule has 0 bridgehead atoms. The molecule has 12 heavy (non-hydrogen) atoms. The molecule has 0 amide bonds. The smallest absolute Gasteiger partial charge is 0.151 e. The summed E-state index contributed by atoms with van der Waals surface area (Å²) >= 11 is 0. The van der Waals surface area contributed by atoms with Crippen LogP contribution in [0, 0.1) is 0 Å². The minimum Gasteiger partial charge on any atom is -0.316 e. The van der Waals surface area contributed by atoms with E-state index in [4.69, 9.17) is 0 Å². The van der Waals surface area contributed by atoms with E-state index in [9.17, 15) is 8.42 Å². The maximum absolute atomic E-state index is 11.2. The lowest BCUT2D eigenvalue weighted by Crippen LogP contribution is -2.33. The van der Waals surface area contributed by atoms with E-state index in [1.54, 1.807) is 6.92 Å². The van der Waals surface area contributed by atoms with Crippen LogP contribution in [0.1, 0.15) is 26.7 Å². The molecule has 0 saturated carbocycles. The molecule has 0 heterocycles. The highest BCUT2D eigenvalue weighted by Crippen LogP contribution is 2.01. The molecule has 0 radical (unpaired) electrons. The minimum atomic E-state index is -2.82. The van der Waals surface area contributed by atoms with Crippen molar-refractivity contribution >= 4 is 9.84 Å². The van der Waals surface area contributed by atoms with Gasteiger partial charge in [0.25, 0.3) is 0 Å². The molecule has 0 aromatic carbocycles. The third kappa shape index (κ3) is 4.72. The number of hydrogen-bond acceptors (Lipinski definition) is 3. The van der Waals surface area contributed by atoms with Crippen molar-refractivity contribution < 1.29 is 8.42 Å². The Kier molecular flexibility index (Phi) is 5.50. The summed E-state index contributed by atoms with van der Waals surface area (Å²) in [6.45, 7) is 3.75. The summed E-state index contributed by atoms with van der Waals surface area (Å²) in [7, 11) is -1.00. The molecule has 0 aromatic rings. The predicted octanol–water partition coefficient (Wildman–Crippen LogP) is 0.809. The minimum absolute atomic E-state index is 0.125. The van der Waals surface area contributed by atoms with Gasteiger partial charge in [0.2, 0.25) is 0 Å². The number of rotatable bonds is 6. The summed E-state index contributed by atoms with van der Waals surface area (Å²) < 4.78 is 22.4. The van der Waals surface area contributed by atoms with E-state index in [0.717, 1.165) is 12.8 Å². The number of sulfone groups is 1. The van der Waals surface area contributed by atoms with Gasteiger partial charge in [0.15, 0.2) is 9.84 Å². The van der Waals surface area contributed by atoms with Gasteiger partial charge in [-0.15, -0.1) is 0 Å². The molecule has 0 spiro atoms. The first-order chi connectivity index (χ1) is 5.55. The Morgan fingerprint density at radius 1 is 1.33 bits per heavy atom. The lowest BCUT2D eigenvalue weighted by molar-refractivity contribution is 0.537. The van der Waals surface area contributed by atoms with E-state index in [0.29, 0.717) is 0 Å². The largest absolute Gasteiger partial charge is 0.316 e. The molecule has 0 aromatic heterocycles. The van der Waals surface area contributed by atoms with Gasteiger partial charge in [0.1, 0.15) is 0 Å². The third-order valence-corrected chi connectivity index (χ3v) is 3.73. The van der Waals surface area contributed by atoms with Crippen LogP contribution in [0.5, 0.6) is 0 Å². The monoisotopic (exact) mass is 193 g/mol. The molecule has 0 fully saturated rings. The zero-order valence-electron chi connectivity index (χ0n) is 8.13. The van der Waals surface area contributed by atoms with Gasteiger partial charge in [0, 0.05) is 11.8 Å². The van der Waals surface area contributed by atoms with Crippen LogP contribution in [-0.2, 0) is 9.84 Å². The van der Waals surface area contributed by atoms with E-state index < -0.39 is 9.84 Å². The average Bonchev–Trinajstić information content (AvgIpc) is 2.03. The van der Waals surface area contributed by atoms with Gasteiger partial charge >= 0.3 is 0 Å². The molecule has 0 aliphatic carbocycles. The summed E-state index contributed by atoms with van der Waals surface area (Å²) in [4.78, 5) is 0. The van der Waals surface area contributed by atoms with Crippen molar-refractivity contribution in [2.75, 3.05) is 18.6 Å². The Balaban J connectivity index is 4.02. The highest BCUT2D eigenvalue weighted by Gasteiger charge is 2.14. The van der Waals surface area contributed by atoms with Crippen molar-refractivity contribution in [2.45, 2.75) is 32.7 Å². The first-order valence-electron chi connectivity index (χ1n) is 4.43. The van der Waals surface area contributed by atoms with E-state index in [1.807, 2.05) is 7.05 Å². The summed E-state index contributed by atoms with van der Waals surface area (Å²) in [5.74, 6) is 0.517. The van der Waals surface area contributed by atoms with Crippen LogP contribution in [0.2, 0.25) is 0 Å². The van der Waals surface area contributed by atoms with Gasteiger partial charge in [-0.05, 0) is 13.5 Å². The Morgan fingerprint density at radius 3 is 2.25 bits per heavy atom. The van der Waals surface area contributed by atoms with Crippen molar-refractivity contribution in [1.82, 2.24) is 5.32 Å². The Morgan fingerprint density at radius 2 is 1.92 bits per heavy atom. The van der Waals surface area contributed by atoms with Crippen molar-refractivity contribution in [2.24, 2.45) is 0 Å². The van der Waals surface area contributed by atoms with Crippen LogP contribution in [0.3, 0.4) is 0 Å². The molecular formula is C8H19NO2S. The molecule has 0 aliphatic rings. The quantitative estimate of drug-likeness (QED) is 0.679. The second-order valence-corrected chi connectivity index (χ2v) is 5.37. The van der Waals surface area contributed by atoms with Gasteiger partial charge < -0.3 is 5.32 Å². The molecule has 1 unspecified atom stereocenters. The summed E-state index contributed by atoms with van der Waals surface area (Å²) in [6, 6.07) is 0.125. The lowest BCUT2D eigenvalue weighted by Gasteiger charge is -2.14. The number of nitrogens with one attached hydrogen (secondary N) is 1. The second-order valence-electron chi connectivity index (χ2n) is 2.97. The molecule has 4 heteroatoms. The summed E-state index contributed by atoms with van der Waals surface area (Å²) in [5, 5.41) is 3.01. The maximum Gasteiger partial charge on any atom is 0.151 e. The highest BCUT2D eigenvalue weighted by atomic mass is 32.2. The van der Waals surface area contributed by atoms with Gasteiger partial charge in [0.05, 0.1) is 5.75 Å².